The number of ether oxygens (including phenoxy) is 2. The molecule has 160 valence electrons. The molecule has 1 aromatic heterocycles. The van der Waals surface area contributed by atoms with Gasteiger partial charge in [0.05, 0.1) is 28.3 Å². The van der Waals surface area contributed by atoms with E-state index in [4.69, 9.17) is 14.5 Å². The Morgan fingerprint density at radius 2 is 1.89 bits per heavy atom. The van der Waals surface area contributed by atoms with Gasteiger partial charge < -0.3 is 14.4 Å². The van der Waals surface area contributed by atoms with Crippen LogP contribution < -0.4 is 4.74 Å². The number of aromatic nitrogens is 1. The first-order valence-corrected chi connectivity index (χ1v) is 11.3. The molecule has 0 radical (unpaired) electrons. The SMILES string of the molecule is CCCOC(CC)C(CC)(CC)Oc1nc(C)c(N=CN(C)C(C)C)cc1Br. The number of halogens is 1. The van der Waals surface area contributed by atoms with Crippen LogP contribution in [0.1, 0.15) is 72.9 Å². The second kappa shape index (κ2) is 11.8. The summed E-state index contributed by atoms with van der Waals surface area (Å²) in [7, 11) is 2.02. The van der Waals surface area contributed by atoms with Gasteiger partial charge in [0.15, 0.2) is 0 Å². The Morgan fingerprint density at radius 1 is 1.25 bits per heavy atom. The Hall–Kier alpha value is -1.14. The minimum Gasteiger partial charge on any atom is -0.467 e. The van der Waals surface area contributed by atoms with E-state index in [1.807, 2.05) is 26.4 Å². The number of nitrogens with zero attached hydrogens (tertiary/aromatic N) is 3. The highest BCUT2D eigenvalue weighted by atomic mass is 79.9. The maximum atomic E-state index is 6.54. The van der Waals surface area contributed by atoms with Crippen molar-refractivity contribution in [1.82, 2.24) is 9.88 Å². The second-order valence-corrected chi connectivity index (χ2v) is 8.38. The Kier molecular flexibility index (Phi) is 10.5. The van der Waals surface area contributed by atoms with Crippen LogP contribution in [0.4, 0.5) is 5.69 Å². The summed E-state index contributed by atoms with van der Waals surface area (Å²) in [6.07, 6.45) is 5.50. The van der Waals surface area contributed by atoms with E-state index in [1.165, 1.54) is 0 Å². The zero-order valence-corrected chi connectivity index (χ0v) is 20.5. The van der Waals surface area contributed by atoms with Gasteiger partial charge in [-0.1, -0.05) is 27.7 Å². The van der Waals surface area contributed by atoms with E-state index in [-0.39, 0.29) is 6.10 Å². The predicted molar refractivity (Wildman–Crippen MR) is 122 cm³/mol. The van der Waals surface area contributed by atoms with Crippen LogP contribution in [-0.2, 0) is 4.74 Å². The van der Waals surface area contributed by atoms with Crippen LogP contribution in [0.15, 0.2) is 15.5 Å². The lowest BCUT2D eigenvalue weighted by molar-refractivity contribution is -0.100. The first-order valence-electron chi connectivity index (χ1n) is 10.5. The average molecular weight is 456 g/mol. The molecule has 0 bridgehead atoms. The van der Waals surface area contributed by atoms with Crippen molar-refractivity contribution in [1.29, 1.82) is 0 Å². The highest BCUT2D eigenvalue weighted by Crippen LogP contribution is 2.36. The van der Waals surface area contributed by atoms with Gasteiger partial charge in [0.2, 0.25) is 5.88 Å². The molecule has 0 saturated heterocycles. The van der Waals surface area contributed by atoms with Crippen LogP contribution in [0.25, 0.3) is 0 Å². The van der Waals surface area contributed by atoms with E-state index in [0.29, 0.717) is 11.9 Å². The largest absolute Gasteiger partial charge is 0.467 e. The molecule has 0 aliphatic heterocycles. The van der Waals surface area contributed by atoms with Gasteiger partial charge >= 0.3 is 0 Å². The maximum absolute atomic E-state index is 6.54. The molecule has 1 aromatic rings. The molecule has 0 fully saturated rings. The number of hydrogen-bond donors (Lipinski definition) is 0. The summed E-state index contributed by atoms with van der Waals surface area (Å²) in [5, 5.41) is 0. The number of aryl methyl sites for hydroxylation is 1. The third-order valence-electron chi connectivity index (χ3n) is 5.28. The average Bonchev–Trinajstić information content (AvgIpc) is 2.68. The summed E-state index contributed by atoms with van der Waals surface area (Å²) in [5.41, 5.74) is 1.28. The van der Waals surface area contributed by atoms with Crippen molar-refractivity contribution in [2.24, 2.45) is 4.99 Å². The molecule has 1 unspecified atom stereocenters. The number of pyridine rings is 1. The van der Waals surface area contributed by atoms with Crippen molar-refractivity contribution in [2.75, 3.05) is 13.7 Å². The third-order valence-corrected chi connectivity index (χ3v) is 5.85. The minimum absolute atomic E-state index is 0.0360. The molecule has 0 aliphatic carbocycles. The molecule has 5 nitrogen and oxygen atoms in total. The van der Waals surface area contributed by atoms with E-state index >= 15 is 0 Å². The van der Waals surface area contributed by atoms with Crippen LogP contribution in [-0.4, -0.2) is 47.6 Å². The summed E-state index contributed by atoms with van der Waals surface area (Å²) in [6, 6.07) is 2.37. The molecular weight excluding hydrogens is 418 g/mol. The number of rotatable bonds is 12. The van der Waals surface area contributed by atoms with Gasteiger partial charge in [-0.05, 0) is 68.5 Å². The summed E-state index contributed by atoms with van der Waals surface area (Å²) < 4.78 is 13.5. The normalized spacial score (nSPS) is 13.4. The predicted octanol–water partition coefficient (Wildman–Crippen LogP) is 6.30. The van der Waals surface area contributed by atoms with E-state index < -0.39 is 5.60 Å². The van der Waals surface area contributed by atoms with E-state index in [1.54, 1.807) is 0 Å². The zero-order chi connectivity index (χ0) is 21.3. The van der Waals surface area contributed by atoms with Crippen LogP contribution >= 0.6 is 15.9 Å². The monoisotopic (exact) mass is 455 g/mol. The molecule has 1 atom stereocenters. The quantitative estimate of drug-likeness (QED) is 0.274. The van der Waals surface area contributed by atoms with Gasteiger partial charge in [-0.25, -0.2) is 9.98 Å². The van der Waals surface area contributed by atoms with Crippen LogP contribution in [0, 0.1) is 6.92 Å². The summed E-state index contributed by atoms with van der Waals surface area (Å²) >= 11 is 3.64. The molecule has 28 heavy (non-hydrogen) atoms. The number of hydrogen-bond acceptors (Lipinski definition) is 4. The lowest BCUT2D eigenvalue weighted by atomic mass is 9.88. The molecule has 6 heteroatoms. The Balaban J connectivity index is 3.16. The van der Waals surface area contributed by atoms with Crippen molar-refractivity contribution in [3.05, 3.63) is 16.2 Å². The summed E-state index contributed by atoms with van der Waals surface area (Å²) in [6.45, 7) is 15.6. The standard InChI is InChI=1S/C22H38BrN3O2/c1-9-13-27-20(10-2)22(11-3,12-4)28-21-18(23)14-19(17(7)25-21)24-15-26(8)16(5)6/h14-16,20H,9-13H2,1-8H3. The van der Waals surface area contributed by atoms with Gasteiger partial charge in [0, 0.05) is 19.7 Å². The molecule has 0 spiro atoms. The molecule has 0 aromatic carbocycles. The van der Waals surface area contributed by atoms with Crippen molar-refractivity contribution in [2.45, 2.75) is 91.9 Å². The summed E-state index contributed by atoms with van der Waals surface area (Å²) in [5.74, 6) is 0.607. The van der Waals surface area contributed by atoms with Gasteiger partial charge in [-0.15, -0.1) is 0 Å². The van der Waals surface area contributed by atoms with Crippen molar-refractivity contribution in [3.63, 3.8) is 0 Å². The fourth-order valence-electron chi connectivity index (χ4n) is 3.05. The topological polar surface area (TPSA) is 47.0 Å². The zero-order valence-electron chi connectivity index (χ0n) is 18.9. The van der Waals surface area contributed by atoms with E-state index in [9.17, 15) is 0 Å². The molecule has 0 N–H and O–H groups in total. The smallest absolute Gasteiger partial charge is 0.229 e. The first kappa shape index (κ1) is 24.9. The first-order chi connectivity index (χ1) is 13.2. The molecule has 0 aliphatic rings. The third kappa shape index (κ3) is 6.45. The van der Waals surface area contributed by atoms with Crippen LogP contribution in [0.3, 0.4) is 0 Å². The van der Waals surface area contributed by atoms with E-state index in [2.05, 4.69) is 67.4 Å². The lowest BCUT2D eigenvalue weighted by Crippen LogP contribution is -2.48. The molecule has 0 saturated carbocycles. The fourth-order valence-corrected chi connectivity index (χ4v) is 3.43. The Labute approximate surface area is 180 Å². The molecular formula is C22H38BrN3O2. The van der Waals surface area contributed by atoms with Gasteiger partial charge in [0.25, 0.3) is 0 Å². The highest BCUT2D eigenvalue weighted by Gasteiger charge is 2.39. The van der Waals surface area contributed by atoms with Crippen molar-refractivity contribution >= 4 is 28.0 Å². The van der Waals surface area contributed by atoms with Gasteiger partial charge in [-0.2, -0.15) is 0 Å². The second-order valence-electron chi connectivity index (χ2n) is 7.53. The van der Waals surface area contributed by atoms with Crippen LogP contribution in [0.2, 0.25) is 0 Å². The van der Waals surface area contributed by atoms with Gasteiger partial charge in [-0.3, -0.25) is 0 Å². The highest BCUT2D eigenvalue weighted by molar-refractivity contribution is 9.10. The molecule has 1 rings (SSSR count). The maximum Gasteiger partial charge on any atom is 0.229 e. The lowest BCUT2D eigenvalue weighted by Gasteiger charge is -2.39. The van der Waals surface area contributed by atoms with E-state index in [0.717, 1.165) is 48.1 Å². The number of aliphatic imine (C=N–C) groups is 1. The van der Waals surface area contributed by atoms with Gasteiger partial charge in [0.1, 0.15) is 5.60 Å². The summed E-state index contributed by atoms with van der Waals surface area (Å²) in [4.78, 5) is 11.4. The van der Waals surface area contributed by atoms with Crippen LogP contribution in [0.5, 0.6) is 5.88 Å². The Bertz CT molecular complexity index is 630. The molecule has 0 amide bonds. The fraction of sp³-hybridized carbons (Fsp3) is 0.727. The Morgan fingerprint density at radius 3 is 2.39 bits per heavy atom. The minimum atomic E-state index is -0.394. The molecule has 1 heterocycles. The van der Waals surface area contributed by atoms with Crippen molar-refractivity contribution in [3.8, 4) is 5.88 Å². The van der Waals surface area contributed by atoms with Crippen molar-refractivity contribution < 1.29 is 9.47 Å².